The molecule has 0 aliphatic carbocycles. The summed E-state index contributed by atoms with van der Waals surface area (Å²) in [6.07, 6.45) is 0. The number of nitrogens with zero attached hydrogens (tertiary/aromatic N) is 2. The van der Waals surface area contributed by atoms with Crippen molar-refractivity contribution in [3.8, 4) is 17.2 Å². The van der Waals surface area contributed by atoms with Gasteiger partial charge in [0.05, 0.1) is 31.8 Å². The first-order valence-electron chi connectivity index (χ1n) is 9.58. The minimum atomic E-state index is -0.456. The van der Waals surface area contributed by atoms with Crippen molar-refractivity contribution in [3.63, 3.8) is 0 Å². The Kier molecular flexibility index (Phi) is 5.64. The zero-order valence-electron chi connectivity index (χ0n) is 17.6. The molecular formula is C23H21ClN2O4S. The average Bonchev–Trinajstić information content (AvgIpc) is 3.07. The summed E-state index contributed by atoms with van der Waals surface area (Å²) in [4.78, 5) is 28.8. The van der Waals surface area contributed by atoms with Crippen LogP contribution in [-0.4, -0.2) is 23.4 Å². The second-order valence-corrected chi connectivity index (χ2v) is 8.71. The molecule has 0 atom stereocenters. The van der Waals surface area contributed by atoms with Crippen LogP contribution >= 0.6 is 22.9 Å². The summed E-state index contributed by atoms with van der Waals surface area (Å²) in [5.74, 6) is 0.931. The molecule has 0 fully saturated rings. The first kappa shape index (κ1) is 21.2. The molecule has 0 aliphatic heterocycles. The van der Waals surface area contributed by atoms with Crippen molar-refractivity contribution in [1.82, 2.24) is 9.13 Å². The molecule has 0 spiro atoms. The normalized spacial score (nSPS) is 11.1. The van der Waals surface area contributed by atoms with Crippen LogP contribution in [0, 0.1) is 13.8 Å². The fraction of sp³-hybridized carbons (Fsp3) is 0.217. The Bertz CT molecular complexity index is 1420. The van der Waals surface area contributed by atoms with Gasteiger partial charge in [-0.1, -0.05) is 29.8 Å². The van der Waals surface area contributed by atoms with E-state index in [4.69, 9.17) is 21.1 Å². The third-order valence-corrected chi connectivity index (χ3v) is 6.96. The van der Waals surface area contributed by atoms with Gasteiger partial charge in [0.25, 0.3) is 5.56 Å². The quantitative estimate of drug-likeness (QED) is 0.442. The van der Waals surface area contributed by atoms with Gasteiger partial charge in [-0.2, -0.15) is 0 Å². The Morgan fingerprint density at radius 3 is 2.45 bits per heavy atom. The zero-order valence-corrected chi connectivity index (χ0v) is 19.1. The van der Waals surface area contributed by atoms with Crippen LogP contribution in [0.1, 0.15) is 16.0 Å². The Balaban J connectivity index is 2.08. The summed E-state index contributed by atoms with van der Waals surface area (Å²) < 4.78 is 13.5. The number of methoxy groups -OCH3 is 2. The van der Waals surface area contributed by atoms with Crippen molar-refractivity contribution in [2.75, 3.05) is 14.2 Å². The van der Waals surface area contributed by atoms with E-state index in [0.717, 1.165) is 20.6 Å². The van der Waals surface area contributed by atoms with E-state index in [1.54, 1.807) is 35.9 Å². The van der Waals surface area contributed by atoms with Crippen LogP contribution in [0.5, 0.6) is 11.5 Å². The zero-order chi connectivity index (χ0) is 22.3. The molecule has 160 valence electrons. The van der Waals surface area contributed by atoms with Crippen molar-refractivity contribution in [3.05, 3.63) is 84.3 Å². The number of hydrogen-bond donors (Lipinski definition) is 0. The van der Waals surface area contributed by atoms with Crippen LogP contribution in [-0.2, 0) is 6.54 Å². The van der Waals surface area contributed by atoms with Gasteiger partial charge in [-0.25, -0.2) is 9.36 Å². The maximum atomic E-state index is 13.7. The van der Waals surface area contributed by atoms with Crippen LogP contribution in [0.4, 0.5) is 0 Å². The lowest BCUT2D eigenvalue weighted by atomic mass is 10.2. The molecule has 0 N–H and O–H groups in total. The highest BCUT2D eigenvalue weighted by atomic mass is 35.5. The molecule has 4 aromatic rings. The van der Waals surface area contributed by atoms with Crippen molar-refractivity contribution in [1.29, 1.82) is 0 Å². The smallest absolute Gasteiger partial charge is 0.337 e. The third-order valence-electron chi connectivity index (χ3n) is 5.37. The van der Waals surface area contributed by atoms with E-state index >= 15 is 0 Å². The summed E-state index contributed by atoms with van der Waals surface area (Å²) in [6, 6.07) is 12.4. The van der Waals surface area contributed by atoms with E-state index < -0.39 is 5.69 Å². The van der Waals surface area contributed by atoms with E-state index in [2.05, 4.69) is 0 Å². The second kappa shape index (κ2) is 8.24. The third kappa shape index (κ3) is 3.54. The van der Waals surface area contributed by atoms with Gasteiger partial charge in [-0.3, -0.25) is 9.36 Å². The van der Waals surface area contributed by atoms with E-state index in [0.29, 0.717) is 32.4 Å². The molecule has 0 unspecified atom stereocenters. The van der Waals surface area contributed by atoms with Gasteiger partial charge in [0.1, 0.15) is 16.3 Å². The van der Waals surface area contributed by atoms with Gasteiger partial charge < -0.3 is 9.47 Å². The Morgan fingerprint density at radius 2 is 1.77 bits per heavy atom. The molecule has 6 nitrogen and oxygen atoms in total. The maximum Gasteiger partial charge on any atom is 0.337 e. The number of ether oxygens (including phenoxy) is 2. The molecule has 0 bridgehead atoms. The van der Waals surface area contributed by atoms with E-state index in [1.165, 1.54) is 18.4 Å². The van der Waals surface area contributed by atoms with Crippen molar-refractivity contribution >= 4 is 33.2 Å². The highest BCUT2D eigenvalue weighted by molar-refractivity contribution is 7.18. The van der Waals surface area contributed by atoms with Gasteiger partial charge in [-0.15, -0.1) is 11.3 Å². The van der Waals surface area contributed by atoms with Crippen molar-refractivity contribution in [2.24, 2.45) is 0 Å². The molecule has 0 radical (unpaired) electrons. The molecule has 2 aromatic carbocycles. The van der Waals surface area contributed by atoms with Gasteiger partial charge in [0.15, 0.2) is 0 Å². The van der Waals surface area contributed by atoms with Gasteiger partial charge in [-0.05, 0) is 43.2 Å². The number of thiophene rings is 1. The number of benzene rings is 2. The lowest BCUT2D eigenvalue weighted by Gasteiger charge is -2.15. The molecule has 0 aliphatic rings. The predicted octanol–water partition coefficient (Wildman–Crippen LogP) is 4.55. The first-order chi connectivity index (χ1) is 14.9. The van der Waals surface area contributed by atoms with Crippen LogP contribution in [0.3, 0.4) is 0 Å². The highest BCUT2D eigenvalue weighted by Crippen LogP contribution is 2.30. The number of fused-ring (bicyclic) bond motifs is 1. The lowest BCUT2D eigenvalue weighted by Crippen LogP contribution is -2.39. The van der Waals surface area contributed by atoms with Crippen LogP contribution in [0.2, 0.25) is 5.02 Å². The summed E-state index contributed by atoms with van der Waals surface area (Å²) in [5.41, 5.74) is 1.18. The summed E-state index contributed by atoms with van der Waals surface area (Å²) in [5, 5.41) is 1.08. The summed E-state index contributed by atoms with van der Waals surface area (Å²) in [7, 11) is 3.03. The predicted molar refractivity (Wildman–Crippen MR) is 125 cm³/mol. The monoisotopic (exact) mass is 456 g/mol. The highest BCUT2D eigenvalue weighted by Gasteiger charge is 2.22. The van der Waals surface area contributed by atoms with Crippen molar-refractivity contribution in [2.45, 2.75) is 20.4 Å². The molecule has 2 aromatic heterocycles. The fourth-order valence-electron chi connectivity index (χ4n) is 3.58. The Hall–Kier alpha value is -3.03. The van der Waals surface area contributed by atoms with Gasteiger partial charge >= 0.3 is 5.69 Å². The number of rotatable bonds is 5. The number of aromatic nitrogens is 2. The standard InChI is InChI=1S/C23H21ClN2O4S/c1-13-14(2)31-22-20(13)21(27)26(18-10-9-16(29-3)11-19(18)30-4)23(28)25(22)12-15-7-5-6-8-17(15)24/h5-11H,12H2,1-4H3. The van der Waals surface area contributed by atoms with E-state index in [9.17, 15) is 9.59 Å². The molecule has 0 saturated carbocycles. The van der Waals surface area contributed by atoms with Crippen LogP contribution < -0.4 is 20.7 Å². The van der Waals surface area contributed by atoms with Gasteiger partial charge in [0.2, 0.25) is 0 Å². The largest absolute Gasteiger partial charge is 0.497 e. The van der Waals surface area contributed by atoms with Crippen LogP contribution in [0.25, 0.3) is 15.9 Å². The second-order valence-electron chi connectivity index (χ2n) is 7.10. The molecule has 0 amide bonds. The molecule has 8 heteroatoms. The molecule has 31 heavy (non-hydrogen) atoms. The van der Waals surface area contributed by atoms with E-state index in [-0.39, 0.29) is 12.1 Å². The SMILES string of the molecule is COc1ccc(-n2c(=O)c3c(C)c(C)sc3n(Cc3ccccc3Cl)c2=O)c(OC)c1. The molecule has 4 rings (SSSR count). The Labute approximate surface area is 187 Å². The lowest BCUT2D eigenvalue weighted by molar-refractivity contribution is 0.392. The minimum Gasteiger partial charge on any atom is -0.497 e. The number of halogens is 1. The number of aryl methyl sites for hydroxylation is 2. The minimum absolute atomic E-state index is 0.243. The fourth-order valence-corrected chi connectivity index (χ4v) is 4.91. The Morgan fingerprint density at radius 1 is 1.03 bits per heavy atom. The van der Waals surface area contributed by atoms with Gasteiger partial charge in [0, 0.05) is 16.0 Å². The summed E-state index contributed by atoms with van der Waals surface area (Å²) in [6.45, 7) is 4.09. The van der Waals surface area contributed by atoms with E-state index in [1.807, 2.05) is 32.0 Å². The maximum absolute atomic E-state index is 13.7. The number of hydrogen-bond acceptors (Lipinski definition) is 5. The topological polar surface area (TPSA) is 62.5 Å². The molecule has 2 heterocycles. The first-order valence-corrected chi connectivity index (χ1v) is 10.8. The van der Waals surface area contributed by atoms with Crippen LogP contribution in [0.15, 0.2) is 52.1 Å². The van der Waals surface area contributed by atoms with Crippen molar-refractivity contribution < 1.29 is 9.47 Å². The summed E-state index contributed by atoms with van der Waals surface area (Å²) >= 11 is 7.80. The average molecular weight is 457 g/mol. The molecular weight excluding hydrogens is 436 g/mol. The molecule has 0 saturated heterocycles.